The van der Waals surface area contributed by atoms with Gasteiger partial charge in [-0.25, -0.2) is 15.0 Å². The van der Waals surface area contributed by atoms with Crippen molar-refractivity contribution in [1.29, 1.82) is 0 Å². The van der Waals surface area contributed by atoms with Crippen LogP contribution in [0.2, 0.25) is 0 Å². The second-order valence-electron chi connectivity index (χ2n) is 17.5. The highest BCUT2D eigenvalue weighted by Crippen LogP contribution is 2.51. The lowest BCUT2D eigenvalue weighted by Gasteiger charge is -2.21. The predicted molar refractivity (Wildman–Crippen MR) is 264 cm³/mol. The Balaban J connectivity index is 1.04. The lowest BCUT2D eigenvalue weighted by atomic mass is 9.82. The van der Waals surface area contributed by atoms with E-state index in [9.17, 15) is 0 Å². The Bertz CT molecular complexity index is 4100. The number of rotatable bonds is 3. The molecule has 13 aromatic rings. The highest BCUT2D eigenvalue weighted by atomic mass is 32.1. The molecule has 5 heteroatoms. The van der Waals surface area contributed by atoms with Crippen molar-refractivity contribution in [2.75, 3.05) is 0 Å². The van der Waals surface area contributed by atoms with Crippen molar-refractivity contribution in [3.63, 3.8) is 0 Å². The number of benzene rings is 10. The van der Waals surface area contributed by atoms with E-state index in [0.717, 1.165) is 38.6 Å². The average Bonchev–Trinajstić information content (AvgIpc) is 3.97. The summed E-state index contributed by atoms with van der Waals surface area (Å²) >= 11 is 1.81. The molecule has 0 fully saturated rings. The molecule has 0 N–H and O–H groups in total. The second kappa shape index (κ2) is 12.7. The standard InChI is InChI=1S/C58H35N3OS/c1-58(2)47-19-9-7-15-38(47)44-30-46-50(31-48(44)58)62-49-20-11-18-42(54(46)49)57-60-55(59-56(61-57)34-25-27-52-45(29-34)39-16-8-10-21-51(39)63-52)33-23-22-32-24-26-41-37-14-4-3-12-35(37)36-13-5-6-17-40(36)53(41)43(32)28-33/h3-31H,1-2H3. The zero-order chi connectivity index (χ0) is 41.6. The van der Waals surface area contributed by atoms with E-state index in [1.807, 2.05) is 11.3 Å². The molecular weight excluding hydrogens is 787 g/mol. The molecule has 3 aromatic heterocycles. The summed E-state index contributed by atoms with van der Waals surface area (Å²) in [6.07, 6.45) is 0. The van der Waals surface area contributed by atoms with Crippen LogP contribution in [-0.4, -0.2) is 15.0 Å². The molecule has 0 amide bonds. The summed E-state index contributed by atoms with van der Waals surface area (Å²) in [6.45, 7) is 4.62. The molecule has 63 heavy (non-hydrogen) atoms. The van der Waals surface area contributed by atoms with Gasteiger partial charge in [0, 0.05) is 53.1 Å². The molecule has 0 saturated carbocycles. The summed E-state index contributed by atoms with van der Waals surface area (Å²) in [4.78, 5) is 16.1. The van der Waals surface area contributed by atoms with Crippen molar-refractivity contribution < 1.29 is 4.42 Å². The Morgan fingerprint density at radius 2 is 0.984 bits per heavy atom. The van der Waals surface area contributed by atoms with Crippen LogP contribution in [0.15, 0.2) is 180 Å². The summed E-state index contributed by atoms with van der Waals surface area (Å²) in [6, 6.07) is 63.5. The van der Waals surface area contributed by atoms with Gasteiger partial charge in [-0.3, -0.25) is 0 Å². The maximum atomic E-state index is 6.73. The van der Waals surface area contributed by atoms with Gasteiger partial charge in [-0.15, -0.1) is 11.3 Å². The number of hydrogen-bond donors (Lipinski definition) is 0. The Morgan fingerprint density at radius 1 is 0.381 bits per heavy atom. The maximum Gasteiger partial charge on any atom is 0.164 e. The third-order valence-corrected chi connectivity index (χ3v) is 14.8. The summed E-state index contributed by atoms with van der Waals surface area (Å²) in [5, 5.41) is 14.3. The van der Waals surface area contributed by atoms with E-state index in [4.69, 9.17) is 19.4 Å². The van der Waals surface area contributed by atoms with Crippen LogP contribution in [0.5, 0.6) is 0 Å². The number of thiophene rings is 1. The lowest BCUT2D eigenvalue weighted by Crippen LogP contribution is -2.14. The van der Waals surface area contributed by atoms with Crippen LogP contribution in [0.1, 0.15) is 25.0 Å². The van der Waals surface area contributed by atoms with Crippen LogP contribution in [0.25, 0.3) is 130 Å². The van der Waals surface area contributed by atoms with Crippen LogP contribution in [0.3, 0.4) is 0 Å². The van der Waals surface area contributed by atoms with Gasteiger partial charge in [0.25, 0.3) is 0 Å². The molecule has 4 nitrogen and oxygen atoms in total. The van der Waals surface area contributed by atoms with Crippen molar-refractivity contribution >= 4 is 96.5 Å². The average molecular weight is 822 g/mol. The second-order valence-corrected chi connectivity index (χ2v) is 18.6. The van der Waals surface area contributed by atoms with E-state index >= 15 is 0 Å². The van der Waals surface area contributed by atoms with Crippen molar-refractivity contribution in [2.45, 2.75) is 19.3 Å². The Hall–Kier alpha value is -7.73. The monoisotopic (exact) mass is 821 g/mol. The predicted octanol–water partition coefficient (Wildman–Crippen LogP) is 16.1. The van der Waals surface area contributed by atoms with Gasteiger partial charge >= 0.3 is 0 Å². The van der Waals surface area contributed by atoms with Crippen molar-refractivity contribution in [2.24, 2.45) is 0 Å². The van der Waals surface area contributed by atoms with Crippen LogP contribution in [0.4, 0.5) is 0 Å². The normalized spacial score (nSPS) is 13.4. The maximum absolute atomic E-state index is 6.73. The van der Waals surface area contributed by atoms with E-state index in [1.165, 1.54) is 85.5 Å². The fraction of sp³-hybridized carbons (Fsp3) is 0.0517. The number of nitrogens with zero attached hydrogens (tertiary/aromatic N) is 3. The summed E-state index contributed by atoms with van der Waals surface area (Å²) < 4.78 is 9.23. The van der Waals surface area contributed by atoms with Gasteiger partial charge in [-0.05, 0) is 114 Å². The van der Waals surface area contributed by atoms with Gasteiger partial charge in [-0.2, -0.15) is 0 Å². The van der Waals surface area contributed by atoms with Gasteiger partial charge in [-0.1, -0.05) is 141 Å². The highest BCUT2D eigenvalue weighted by Gasteiger charge is 2.36. The summed E-state index contributed by atoms with van der Waals surface area (Å²) in [5.74, 6) is 1.85. The SMILES string of the molecule is CC1(C)c2ccccc2-c2cc3c(cc21)oc1cccc(-c2nc(-c4ccc5sc6ccccc6c5c4)nc(-c4ccc5ccc6c7ccccc7c7ccccc7c6c5c4)n2)c13. The first-order valence-electron chi connectivity index (χ1n) is 21.5. The lowest BCUT2D eigenvalue weighted by molar-refractivity contribution is 0.647. The van der Waals surface area contributed by atoms with Crippen LogP contribution >= 0.6 is 11.3 Å². The van der Waals surface area contributed by atoms with Gasteiger partial charge in [0.2, 0.25) is 0 Å². The topological polar surface area (TPSA) is 51.8 Å². The molecular formula is C58H35N3OS. The highest BCUT2D eigenvalue weighted by molar-refractivity contribution is 7.25. The molecule has 3 heterocycles. The van der Waals surface area contributed by atoms with Crippen molar-refractivity contribution in [3.05, 3.63) is 187 Å². The van der Waals surface area contributed by atoms with E-state index in [0.29, 0.717) is 17.5 Å². The first-order valence-corrected chi connectivity index (χ1v) is 22.3. The quantitative estimate of drug-likeness (QED) is 0.167. The summed E-state index contributed by atoms with van der Waals surface area (Å²) in [7, 11) is 0. The van der Waals surface area contributed by atoms with Crippen LogP contribution in [0, 0.1) is 0 Å². The Kier molecular flexibility index (Phi) is 7.02. The van der Waals surface area contributed by atoms with E-state index in [1.54, 1.807) is 0 Å². The molecule has 1 aliphatic rings. The molecule has 0 radical (unpaired) electrons. The molecule has 10 aromatic carbocycles. The fourth-order valence-electron chi connectivity index (χ4n) is 10.7. The molecule has 0 saturated heterocycles. The molecule has 0 atom stereocenters. The van der Waals surface area contributed by atoms with E-state index < -0.39 is 0 Å². The molecule has 1 aliphatic carbocycles. The van der Waals surface area contributed by atoms with Gasteiger partial charge in [0.05, 0.1) is 0 Å². The molecule has 0 bridgehead atoms. The molecule has 0 aliphatic heterocycles. The van der Waals surface area contributed by atoms with Crippen LogP contribution < -0.4 is 0 Å². The number of aromatic nitrogens is 3. The van der Waals surface area contributed by atoms with Gasteiger partial charge in [0.15, 0.2) is 17.5 Å². The minimum Gasteiger partial charge on any atom is -0.456 e. The zero-order valence-electron chi connectivity index (χ0n) is 34.4. The van der Waals surface area contributed by atoms with E-state index in [-0.39, 0.29) is 5.41 Å². The van der Waals surface area contributed by atoms with Crippen molar-refractivity contribution in [1.82, 2.24) is 15.0 Å². The first-order chi connectivity index (χ1) is 31.0. The smallest absolute Gasteiger partial charge is 0.164 e. The number of fused-ring (bicyclic) bond motifs is 17. The third-order valence-electron chi connectivity index (χ3n) is 13.7. The number of furan rings is 1. The molecule has 14 rings (SSSR count). The Labute approximate surface area is 365 Å². The van der Waals surface area contributed by atoms with Crippen LogP contribution in [-0.2, 0) is 5.41 Å². The zero-order valence-corrected chi connectivity index (χ0v) is 35.2. The van der Waals surface area contributed by atoms with Gasteiger partial charge < -0.3 is 4.42 Å². The largest absolute Gasteiger partial charge is 0.456 e. The minimum atomic E-state index is -0.140. The Morgan fingerprint density at radius 3 is 1.79 bits per heavy atom. The third kappa shape index (κ3) is 4.94. The number of hydrogen-bond acceptors (Lipinski definition) is 5. The van der Waals surface area contributed by atoms with E-state index in [2.05, 4.69) is 190 Å². The molecule has 0 spiro atoms. The van der Waals surface area contributed by atoms with Crippen molar-refractivity contribution in [3.8, 4) is 45.3 Å². The molecule has 294 valence electrons. The fourth-order valence-corrected chi connectivity index (χ4v) is 11.8. The van der Waals surface area contributed by atoms with Gasteiger partial charge in [0.1, 0.15) is 11.2 Å². The summed E-state index contributed by atoms with van der Waals surface area (Å²) in [5.41, 5.74) is 9.46. The first kappa shape index (κ1) is 34.9. The molecule has 0 unspecified atom stereocenters. The minimum absolute atomic E-state index is 0.140.